The molecule has 0 unspecified atom stereocenters. The molecule has 0 saturated carbocycles. The topological polar surface area (TPSA) is 61.9 Å². The fourth-order valence-corrected chi connectivity index (χ4v) is 3.32. The lowest BCUT2D eigenvalue weighted by atomic mass is 10.0. The number of nitrogens with two attached hydrogens (primary N) is 1. The first kappa shape index (κ1) is 13.9. The Morgan fingerprint density at radius 3 is 2.76 bits per heavy atom. The van der Waals surface area contributed by atoms with E-state index in [2.05, 4.69) is 50.3 Å². The predicted molar refractivity (Wildman–Crippen MR) is 88.4 cm³/mol. The van der Waals surface area contributed by atoms with Crippen molar-refractivity contribution >= 4 is 33.1 Å². The number of oxime groups is 1. The predicted octanol–water partition coefficient (Wildman–Crippen LogP) is 3.63. The number of para-hydroxylation sites is 1. The van der Waals surface area contributed by atoms with Gasteiger partial charge in [-0.2, -0.15) is 0 Å². The highest BCUT2D eigenvalue weighted by Crippen LogP contribution is 2.37. The second-order valence-electron chi connectivity index (χ2n) is 5.04. The van der Waals surface area contributed by atoms with Crippen molar-refractivity contribution < 1.29 is 5.21 Å². The number of benzene rings is 2. The minimum Gasteiger partial charge on any atom is -0.409 e. The summed E-state index contributed by atoms with van der Waals surface area (Å²) in [5, 5.41) is 11.8. The average Bonchev–Trinajstić information content (AvgIpc) is 2.53. The molecule has 2 aromatic carbocycles. The summed E-state index contributed by atoms with van der Waals surface area (Å²) >= 11 is 3.60. The highest BCUT2D eigenvalue weighted by molar-refractivity contribution is 9.10. The van der Waals surface area contributed by atoms with E-state index in [4.69, 9.17) is 10.9 Å². The van der Waals surface area contributed by atoms with E-state index in [1.165, 1.54) is 11.3 Å². The van der Waals surface area contributed by atoms with Crippen molar-refractivity contribution in [1.29, 1.82) is 0 Å². The highest BCUT2D eigenvalue weighted by atomic mass is 79.9. The minimum absolute atomic E-state index is 0.112. The summed E-state index contributed by atoms with van der Waals surface area (Å²) in [6.45, 7) is 0.985. The molecule has 0 fully saturated rings. The molecule has 0 amide bonds. The highest BCUT2D eigenvalue weighted by Gasteiger charge is 2.19. The van der Waals surface area contributed by atoms with Gasteiger partial charge in [-0.15, -0.1) is 0 Å². The third kappa shape index (κ3) is 2.61. The van der Waals surface area contributed by atoms with Gasteiger partial charge >= 0.3 is 0 Å². The maximum absolute atomic E-state index is 8.76. The zero-order valence-electron chi connectivity index (χ0n) is 11.5. The van der Waals surface area contributed by atoms with Crippen LogP contribution in [0.4, 0.5) is 11.4 Å². The van der Waals surface area contributed by atoms with Crippen molar-refractivity contribution in [2.75, 3.05) is 11.4 Å². The largest absolute Gasteiger partial charge is 0.409 e. The van der Waals surface area contributed by atoms with Crippen LogP contribution in [0.1, 0.15) is 17.5 Å². The van der Waals surface area contributed by atoms with Gasteiger partial charge in [-0.05, 0) is 58.6 Å². The number of hydrogen-bond acceptors (Lipinski definition) is 3. The first-order valence-electron chi connectivity index (χ1n) is 6.83. The van der Waals surface area contributed by atoms with Crippen LogP contribution in [-0.2, 0) is 6.42 Å². The Labute approximate surface area is 132 Å². The number of anilines is 2. The van der Waals surface area contributed by atoms with Gasteiger partial charge in [-0.3, -0.25) is 0 Å². The molecule has 1 aliphatic heterocycles. The van der Waals surface area contributed by atoms with E-state index in [9.17, 15) is 0 Å². The zero-order chi connectivity index (χ0) is 14.8. The number of hydrogen-bond donors (Lipinski definition) is 2. The van der Waals surface area contributed by atoms with Gasteiger partial charge in [0.15, 0.2) is 5.84 Å². The van der Waals surface area contributed by atoms with Crippen molar-refractivity contribution in [3.05, 3.63) is 58.1 Å². The Morgan fingerprint density at radius 1 is 1.19 bits per heavy atom. The summed E-state index contributed by atoms with van der Waals surface area (Å²) in [5.74, 6) is 0.112. The van der Waals surface area contributed by atoms with Crippen LogP contribution in [-0.4, -0.2) is 17.6 Å². The second kappa shape index (κ2) is 5.77. The monoisotopic (exact) mass is 345 g/mol. The number of halogens is 1. The Hall–Kier alpha value is -2.01. The van der Waals surface area contributed by atoms with Gasteiger partial charge in [-0.1, -0.05) is 23.4 Å². The second-order valence-corrected chi connectivity index (χ2v) is 5.89. The van der Waals surface area contributed by atoms with E-state index in [0.29, 0.717) is 5.56 Å². The van der Waals surface area contributed by atoms with E-state index < -0.39 is 0 Å². The summed E-state index contributed by atoms with van der Waals surface area (Å²) < 4.78 is 0.934. The van der Waals surface area contributed by atoms with Gasteiger partial charge in [0, 0.05) is 22.3 Å². The van der Waals surface area contributed by atoms with Gasteiger partial charge in [0.05, 0.1) is 5.69 Å². The number of nitrogens with zero attached hydrogens (tertiary/aromatic N) is 2. The van der Waals surface area contributed by atoms with E-state index in [1.54, 1.807) is 0 Å². The summed E-state index contributed by atoms with van der Waals surface area (Å²) in [4.78, 5) is 2.30. The standard InChI is InChI=1S/C16H16BrN3O/c17-13-10-12(16(18)19-21)7-8-15(13)20-9-3-5-11-4-1-2-6-14(11)20/h1-2,4,6-8,10,21H,3,5,9H2,(H2,18,19). The average molecular weight is 346 g/mol. The molecule has 0 aromatic heterocycles. The molecule has 0 saturated heterocycles. The van der Waals surface area contributed by atoms with Crippen LogP contribution in [0, 0.1) is 0 Å². The fraction of sp³-hybridized carbons (Fsp3) is 0.188. The quantitative estimate of drug-likeness (QED) is 0.378. The van der Waals surface area contributed by atoms with E-state index in [0.717, 1.165) is 29.5 Å². The smallest absolute Gasteiger partial charge is 0.170 e. The number of amidine groups is 1. The van der Waals surface area contributed by atoms with Crippen molar-refractivity contribution in [2.45, 2.75) is 12.8 Å². The van der Waals surface area contributed by atoms with Gasteiger partial charge in [0.2, 0.25) is 0 Å². The number of rotatable bonds is 2. The first-order valence-corrected chi connectivity index (χ1v) is 7.63. The molecule has 5 heteroatoms. The van der Waals surface area contributed by atoms with E-state index >= 15 is 0 Å². The van der Waals surface area contributed by atoms with Crippen LogP contribution in [0.5, 0.6) is 0 Å². The van der Waals surface area contributed by atoms with Gasteiger partial charge in [-0.25, -0.2) is 0 Å². The maximum atomic E-state index is 8.76. The molecule has 0 spiro atoms. The molecule has 0 atom stereocenters. The molecule has 108 valence electrons. The summed E-state index contributed by atoms with van der Waals surface area (Å²) in [7, 11) is 0. The van der Waals surface area contributed by atoms with Gasteiger partial charge in [0.25, 0.3) is 0 Å². The van der Waals surface area contributed by atoms with Crippen molar-refractivity contribution in [3.8, 4) is 0 Å². The maximum Gasteiger partial charge on any atom is 0.170 e. The lowest BCUT2D eigenvalue weighted by Crippen LogP contribution is -2.25. The first-order chi connectivity index (χ1) is 10.2. The Kier molecular flexibility index (Phi) is 3.84. The van der Waals surface area contributed by atoms with Gasteiger partial charge in [0.1, 0.15) is 0 Å². The van der Waals surface area contributed by atoms with Crippen LogP contribution in [0.3, 0.4) is 0 Å². The van der Waals surface area contributed by atoms with Crippen LogP contribution in [0.15, 0.2) is 52.1 Å². The molecule has 3 N–H and O–H groups in total. The zero-order valence-corrected chi connectivity index (χ0v) is 13.0. The lowest BCUT2D eigenvalue weighted by molar-refractivity contribution is 0.318. The van der Waals surface area contributed by atoms with E-state index in [-0.39, 0.29) is 5.84 Å². The Balaban J connectivity index is 2.02. The Bertz CT molecular complexity index is 700. The SMILES string of the molecule is N/C(=N/O)c1ccc(N2CCCc3ccccc32)c(Br)c1. The van der Waals surface area contributed by atoms with Crippen molar-refractivity contribution in [2.24, 2.45) is 10.9 Å². The molecule has 0 bridgehead atoms. The summed E-state index contributed by atoms with van der Waals surface area (Å²) in [6, 6.07) is 14.2. The normalized spacial score (nSPS) is 14.9. The van der Waals surface area contributed by atoms with Crippen LogP contribution in [0.2, 0.25) is 0 Å². The number of aryl methyl sites for hydroxylation is 1. The summed E-state index contributed by atoms with van der Waals surface area (Å²) in [6.07, 6.45) is 2.25. The molecular weight excluding hydrogens is 330 g/mol. The fourth-order valence-electron chi connectivity index (χ4n) is 2.73. The summed E-state index contributed by atoms with van der Waals surface area (Å²) in [5.41, 5.74) is 10.0. The lowest BCUT2D eigenvalue weighted by Gasteiger charge is -2.32. The third-order valence-electron chi connectivity index (χ3n) is 3.75. The van der Waals surface area contributed by atoms with E-state index in [1.807, 2.05) is 18.2 Å². The third-order valence-corrected chi connectivity index (χ3v) is 4.39. The van der Waals surface area contributed by atoms with Gasteiger partial charge < -0.3 is 15.8 Å². The molecule has 0 aliphatic carbocycles. The molecule has 0 radical (unpaired) electrons. The Morgan fingerprint density at radius 2 is 2.00 bits per heavy atom. The molecule has 4 nitrogen and oxygen atoms in total. The van der Waals surface area contributed by atoms with Crippen molar-refractivity contribution in [1.82, 2.24) is 0 Å². The molecule has 1 aliphatic rings. The van der Waals surface area contributed by atoms with Crippen LogP contribution in [0.25, 0.3) is 0 Å². The van der Waals surface area contributed by atoms with Crippen molar-refractivity contribution in [3.63, 3.8) is 0 Å². The van der Waals surface area contributed by atoms with Crippen LogP contribution >= 0.6 is 15.9 Å². The molecule has 3 rings (SSSR count). The molecule has 1 heterocycles. The molecular formula is C16H16BrN3O. The molecule has 21 heavy (non-hydrogen) atoms. The molecule has 2 aromatic rings. The van der Waals surface area contributed by atoms with Crippen LogP contribution < -0.4 is 10.6 Å². The number of fused-ring (bicyclic) bond motifs is 1. The minimum atomic E-state index is 0.112.